The number of benzene rings is 2. The van der Waals surface area contributed by atoms with E-state index in [0.717, 1.165) is 67.8 Å². The first-order valence-electron chi connectivity index (χ1n) is 10.8. The van der Waals surface area contributed by atoms with Crippen LogP contribution in [0.15, 0.2) is 36.4 Å². The average molecular weight is 380 g/mol. The van der Waals surface area contributed by atoms with E-state index in [1.54, 1.807) is 0 Å². The first-order valence-corrected chi connectivity index (χ1v) is 10.8. The maximum Gasteiger partial charge on any atom is 0.314 e. The number of anilines is 1. The van der Waals surface area contributed by atoms with Gasteiger partial charge in [0.05, 0.1) is 5.92 Å². The number of hydrogen-bond donors (Lipinski definition) is 1. The lowest BCUT2D eigenvalue weighted by Gasteiger charge is -2.22. The molecule has 2 aliphatic rings. The predicted octanol–water partition coefficient (Wildman–Crippen LogP) is 5.84. The summed E-state index contributed by atoms with van der Waals surface area (Å²) in [5.41, 5.74) is 0.795. The minimum Gasteiger partial charge on any atom is -0.426 e. The van der Waals surface area contributed by atoms with Crippen LogP contribution in [-0.4, -0.2) is 11.9 Å². The Bertz CT molecular complexity index is 778. The molecule has 0 aliphatic heterocycles. The van der Waals surface area contributed by atoms with Crippen molar-refractivity contribution in [3.8, 4) is 5.75 Å². The van der Waals surface area contributed by atoms with Gasteiger partial charge in [0.2, 0.25) is 5.91 Å². The highest BCUT2D eigenvalue weighted by molar-refractivity contribution is 6.05. The van der Waals surface area contributed by atoms with Gasteiger partial charge in [-0.05, 0) is 37.8 Å². The summed E-state index contributed by atoms with van der Waals surface area (Å²) in [4.78, 5) is 25.3. The van der Waals surface area contributed by atoms with Crippen LogP contribution in [0, 0.1) is 11.8 Å². The summed E-state index contributed by atoms with van der Waals surface area (Å²) < 4.78 is 5.79. The fourth-order valence-corrected chi connectivity index (χ4v) is 4.60. The van der Waals surface area contributed by atoms with Crippen LogP contribution < -0.4 is 10.1 Å². The van der Waals surface area contributed by atoms with Crippen molar-refractivity contribution in [2.45, 2.75) is 64.2 Å². The molecule has 28 heavy (non-hydrogen) atoms. The van der Waals surface area contributed by atoms with Crippen molar-refractivity contribution in [2.75, 3.05) is 5.32 Å². The Labute approximate surface area is 166 Å². The van der Waals surface area contributed by atoms with E-state index in [9.17, 15) is 9.59 Å². The van der Waals surface area contributed by atoms with Gasteiger partial charge in [0.25, 0.3) is 0 Å². The number of carbonyl (C=O) groups is 2. The quantitative estimate of drug-likeness (QED) is 0.536. The molecule has 148 valence electrons. The van der Waals surface area contributed by atoms with Gasteiger partial charge in [-0.2, -0.15) is 0 Å². The Morgan fingerprint density at radius 3 is 2.04 bits per heavy atom. The summed E-state index contributed by atoms with van der Waals surface area (Å²) in [6, 6.07) is 11.5. The molecule has 0 heterocycles. The third-order valence-corrected chi connectivity index (χ3v) is 6.27. The zero-order valence-electron chi connectivity index (χ0n) is 16.4. The lowest BCUT2D eigenvalue weighted by atomic mass is 9.88. The van der Waals surface area contributed by atoms with Crippen molar-refractivity contribution in [3.63, 3.8) is 0 Å². The molecule has 0 radical (unpaired) electrons. The molecular weight excluding hydrogens is 350 g/mol. The fraction of sp³-hybridized carbons (Fsp3) is 0.500. The number of rotatable bonds is 4. The normalized spacial score (nSPS) is 18.7. The van der Waals surface area contributed by atoms with E-state index < -0.39 is 0 Å². The maximum atomic E-state index is 12.7. The van der Waals surface area contributed by atoms with Crippen LogP contribution in [0.2, 0.25) is 0 Å². The third kappa shape index (κ3) is 4.21. The number of fused-ring (bicyclic) bond motifs is 1. The maximum absolute atomic E-state index is 12.7. The molecule has 4 heteroatoms. The van der Waals surface area contributed by atoms with Crippen LogP contribution in [0.1, 0.15) is 64.2 Å². The summed E-state index contributed by atoms with van der Waals surface area (Å²) in [6.45, 7) is 0. The highest BCUT2D eigenvalue weighted by Crippen LogP contribution is 2.34. The minimum absolute atomic E-state index is 0.0122. The minimum atomic E-state index is -0.121. The van der Waals surface area contributed by atoms with Gasteiger partial charge in [0.1, 0.15) is 5.75 Å². The summed E-state index contributed by atoms with van der Waals surface area (Å²) in [5, 5.41) is 4.90. The monoisotopic (exact) mass is 379 g/mol. The van der Waals surface area contributed by atoms with Gasteiger partial charge in [-0.1, -0.05) is 62.8 Å². The Balaban J connectivity index is 1.54. The van der Waals surface area contributed by atoms with Crippen molar-refractivity contribution >= 4 is 28.3 Å². The second-order valence-corrected chi connectivity index (χ2v) is 8.24. The second kappa shape index (κ2) is 8.76. The highest BCUT2D eigenvalue weighted by atomic mass is 16.5. The van der Waals surface area contributed by atoms with E-state index in [0.29, 0.717) is 5.75 Å². The Kier molecular flexibility index (Phi) is 5.94. The number of nitrogens with one attached hydrogen (secondary N) is 1. The molecule has 2 saturated carbocycles. The molecule has 4 nitrogen and oxygen atoms in total. The third-order valence-electron chi connectivity index (χ3n) is 6.27. The molecule has 1 N–H and O–H groups in total. The summed E-state index contributed by atoms with van der Waals surface area (Å²) in [5.74, 6) is 0.692. The second-order valence-electron chi connectivity index (χ2n) is 8.24. The van der Waals surface area contributed by atoms with Crippen LogP contribution in [0.5, 0.6) is 5.75 Å². The van der Waals surface area contributed by atoms with Crippen LogP contribution >= 0.6 is 0 Å². The molecule has 2 aliphatic carbocycles. The largest absolute Gasteiger partial charge is 0.426 e. The Hall–Kier alpha value is -2.36. The van der Waals surface area contributed by atoms with Crippen LogP contribution in [0.3, 0.4) is 0 Å². The first-order chi connectivity index (χ1) is 13.7. The predicted molar refractivity (Wildman–Crippen MR) is 111 cm³/mol. The van der Waals surface area contributed by atoms with Crippen LogP contribution in [0.4, 0.5) is 5.69 Å². The van der Waals surface area contributed by atoms with Crippen molar-refractivity contribution in [3.05, 3.63) is 36.4 Å². The molecular formula is C24H29NO3. The van der Waals surface area contributed by atoms with Crippen molar-refractivity contribution in [1.82, 2.24) is 0 Å². The van der Waals surface area contributed by atoms with E-state index >= 15 is 0 Å². The molecule has 2 aromatic carbocycles. The number of carbonyl (C=O) groups excluding carboxylic acids is 2. The van der Waals surface area contributed by atoms with Crippen molar-refractivity contribution in [1.29, 1.82) is 0 Å². The van der Waals surface area contributed by atoms with E-state index in [-0.39, 0.29) is 23.7 Å². The van der Waals surface area contributed by atoms with E-state index in [4.69, 9.17) is 4.74 Å². The Morgan fingerprint density at radius 1 is 0.750 bits per heavy atom. The van der Waals surface area contributed by atoms with E-state index in [1.165, 1.54) is 12.8 Å². The van der Waals surface area contributed by atoms with Gasteiger partial charge >= 0.3 is 5.97 Å². The lowest BCUT2D eigenvalue weighted by molar-refractivity contribution is -0.139. The van der Waals surface area contributed by atoms with Gasteiger partial charge < -0.3 is 10.1 Å². The standard InChI is InChI=1S/C24H29NO3/c26-23(17-9-3-1-4-10-17)25-21-15-16-22(20-14-8-7-13-19(20)21)28-24(27)18-11-5-2-6-12-18/h7-8,13-18H,1-6,9-12H2,(H,25,26). The molecule has 0 unspecified atom stereocenters. The van der Waals surface area contributed by atoms with Crippen LogP contribution in [-0.2, 0) is 9.59 Å². The smallest absolute Gasteiger partial charge is 0.314 e. The molecule has 0 atom stereocenters. The van der Waals surface area contributed by atoms with Gasteiger partial charge in [-0.15, -0.1) is 0 Å². The molecule has 4 rings (SSSR count). The molecule has 0 saturated heterocycles. The van der Waals surface area contributed by atoms with Gasteiger partial charge in [0, 0.05) is 22.4 Å². The lowest BCUT2D eigenvalue weighted by Crippen LogP contribution is -2.25. The highest BCUT2D eigenvalue weighted by Gasteiger charge is 2.25. The summed E-state index contributed by atoms with van der Waals surface area (Å²) in [6.07, 6.45) is 10.7. The summed E-state index contributed by atoms with van der Waals surface area (Å²) >= 11 is 0. The average Bonchev–Trinajstić information content (AvgIpc) is 2.76. The molecule has 0 bridgehead atoms. The first kappa shape index (κ1) is 19.0. The van der Waals surface area contributed by atoms with Gasteiger partial charge in [0.15, 0.2) is 0 Å². The number of amides is 1. The number of ether oxygens (including phenoxy) is 1. The summed E-state index contributed by atoms with van der Waals surface area (Å²) in [7, 11) is 0. The SMILES string of the molecule is O=C(Nc1ccc(OC(=O)C2CCCCC2)c2ccccc12)C1CCCCC1. The molecule has 1 amide bonds. The Morgan fingerprint density at radius 2 is 1.36 bits per heavy atom. The topological polar surface area (TPSA) is 55.4 Å². The molecule has 0 aromatic heterocycles. The molecule has 2 aromatic rings. The van der Waals surface area contributed by atoms with Gasteiger partial charge in [-0.25, -0.2) is 0 Å². The fourth-order valence-electron chi connectivity index (χ4n) is 4.60. The van der Waals surface area contributed by atoms with Crippen molar-refractivity contribution in [2.24, 2.45) is 11.8 Å². The number of esters is 1. The van der Waals surface area contributed by atoms with Gasteiger partial charge in [-0.3, -0.25) is 9.59 Å². The zero-order chi connectivity index (χ0) is 19.3. The van der Waals surface area contributed by atoms with E-state index in [1.807, 2.05) is 36.4 Å². The molecule has 0 spiro atoms. The van der Waals surface area contributed by atoms with Crippen molar-refractivity contribution < 1.29 is 14.3 Å². The van der Waals surface area contributed by atoms with E-state index in [2.05, 4.69) is 5.32 Å². The number of hydrogen-bond acceptors (Lipinski definition) is 3. The zero-order valence-corrected chi connectivity index (χ0v) is 16.4. The molecule has 2 fully saturated rings. The van der Waals surface area contributed by atoms with Crippen LogP contribution in [0.25, 0.3) is 10.8 Å².